The van der Waals surface area contributed by atoms with Crippen LogP contribution >= 0.6 is 0 Å². The van der Waals surface area contributed by atoms with Crippen LogP contribution in [0.3, 0.4) is 0 Å². The molecule has 6 nitrogen and oxygen atoms in total. The minimum atomic E-state index is 0.856. The van der Waals surface area contributed by atoms with Crippen molar-refractivity contribution in [2.75, 3.05) is 37.6 Å². The van der Waals surface area contributed by atoms with Crippen molar-refractivity contribution in [2.45, 2.75) is 6.42 Å². The number of benzene rings is 1. The zero-order chi connectivity index (χ0) is 16.9. The van der Waals surface area contributed by atoms with E-state index in [1.165, 1.54) is 5.56 Å². The zero-order valence-electron chi connectivity index (χ0n) is 14.2. The summed E-state index contributed by atoms with van der Waals surface area (Å²) in [7, 11) is 0. The predicted molar refractivity (Wildman–Crippen MR) is 98.0 cm³/mol. The van der Waals surface area contributed by atoms with Gasteiger partial charge in [0.05, 0.1) is 0 Å². The highest BCUT2D eigenvalue weighted by Crippen LogP contribution is 2.16. The highest BCUT2D eigenvalue weighted by Gasteiger charge is 2.18. The number of nitrogens with zero attached hydrogens (tertiary/aromatic N) is 6. The number of anilines is 1. The Morgan fingerprint density at radius 1 is 0.920 bits per heavy atom. The summed E-state index contributed by atoms with van der Waals surface area (Å²) in [6.45, 7) is 5.24. The van der Waals surface area contributed by atoms with E-state index in [4.69, 9.17) is 0 Å². The number of rotatable bonds is 5. The maximum absolute atomic E-state index is 4.45. The van der Waals surface area contributed by atoms with Crippen LogP contribution in [0, 0.1) is 0 Å². The number of piperazine rings is 1. The van der Waals surface area contributed by atoms with Crippen molar-refractivity contribution < 1.29 is 0 Å². The number of imidazole rings is 1. The van der Waals surface area contributed by atoms with Crippen LogP contribution < -0.4 is 4.90 Å². The Morgan fingerprint density at radius 2 is 1.72 bits per heavy atom. The molecule has 0 bridgehead atoms. The van der Waals surface area contributed by atoms with Gasteiger partial charge in [0.1, 0.15) is 24.3 Å². The van der Waals surface area contributed by atoms with Crippen molar-refractivity contribution in [3.05, 3.63) is 67.0 Å². The van der Waals surface area contributed by atoms with Gasteiger partial charge in [-0.25, -0.2) is 15.0 Å². The monoisotopic (exact) mass is 334 g/mol. The maximum Gasteiger partial charge on any atom is 0.143 e. The molecule has 0 saturated carbocycles. The van der Waals surface area contributed by atoms with Crippen LogP contribution in [0.2, 0.25) is 0 Å². The van der Waals surface area contributed by atoms with E-state index < -0.39 is 0 Å². The summed E-state index contributed by atoms with van der Waals surface area (Å²) in [4.78, 5) is 17.7. The first-order valence-corrected chi connectivity index (χ1v) is 8.70. The summed E-state index contributed by atoms with van der Waals surface area (Å²) in [6, 6.07) is 12.7. The van der Waals surface area contributed by atoms with E-state index in [1.807, 2.05) is 16.8 Å². The van der Waals surface area contributed by atoms with Gasteiger partial charge in [-0.15, -0.1) is 0 Å². The van der Waals surface area contributed by atoms with Crippen molar-refractivity contribution >= 4 is 5.82 Å². The molecule has 0 unspecified atom stereocenters. The van der Waals surface area contributed by atoms with Gasteiger partial charge in [-0.2, -0.15) is 0 Å². The van der Waals surface area contributed by atoms with Crippen molar-refractivity contribution in [1.29, 1.82) is 0 Å². The molecule has 0 aliphatic carbocycles. The van der Waals surface area contributed by atoms with Gasteiger partial charge in [-0.1, -0.05) is 30.3 Å². The molecule has 1 aliphatic rings. The molecule has 1 fully saturated rings. The van der Waals surface area contributed by atoms with Crippen LogP contribution in [-0.2, 0) is 6.42 Å². The molecule has 25 heavy (non-hydrogen) atoms. The lowest BCUT2D eigenvalue weighted by Gasteiger charge is -2.35. The zero-order valence-corrected chi connectivity index (χ0v) is 14.2. The van der Waals surface area contributed by atoms with E-state index in [1.54, 1.807) is 18.9 Å². The molecule has 1 aromatic carbocycles. The van der Waals surface area contributed by atoms with Crippen molar-refractivity contribution in [2.24, 2.45) is 0 Å². The van der Waals surface area contributed by atoms with Crippen LogP contribution in [0.25, 0.3) is 5.82 Å². The van der Waals surface area contributed by atoms with Crippen LogP contribution in [0.15, 0.2) is 61.4 Å². The molecule has 3 heterocycles. The second-order valence-electron chi connectivity index (χ2n) is 6.27. The third-order valence-corrected chi connectivity index (χ3v) is 4.66. The Morgan fingerprint density at radius 3 is 2.48 bits per heavy atom. The molecule has 0 radical (unpaired) electrons. The standard InChI is InChI=1S/C19H22N6/c1-2-4-17(5-3-1)6-8-23-10-12-24(13-11-23)18-14-19(22-15-21-18)25-9-7-20-16-25/h1-5,7,9,14-16H,6,8,10-13H2. The summed E-state index contributed by atoms with van der Waals surface area (Å²) in [5, 5.41) is 0. The second kappa shape index (κ2) is 7.44. The third kappa shape index (κ3) is 3.85. The van der Waals surface area contributed by atoms with Gasteiger partial charge in [0, 0.05) is 51.2 Å². The van der Waals surface area contributed by atoms with E-state index in [0.717, 1.165) is 50.8 Å². The molecule has 0 N–H and O–H groups in total. The quantitative estimate of drug-likeness (QED) is 0.714. The van der Waals surface area contributed by atoms with E-state index in [2.05, 4.69) is 55.1 Å². The van der Waals surface area contributed by atoms with Crippen molar-refractivity contribution in [1.82, 2.24) is 24.4 Å². The first-order chi connectivity index (χ1) is 12.4. The lowest BCUT2D eigenvalue weighted by molar-refractivity contribution is 0.260. The molecular weight excluding hydrogens is 312 g/mol. The third-order valence-electron chi connectivity index (χ3n) is 4.66. The molecule has 0 atom stereocenters. The summed E-state index contributed by atoms with van der Waals surface area (Å²) in [5.74, 6) is 1.84. The van der Waals surface area contributed by atoms with Gasteiger partial charge in [-0.05, 0) is 12.0 Å². The van der Waals surface area contributed by atoms with Gasteiger partial charge < -0.3 is 4.90 Å². The highest BCUT2D eigenvalue weighted by atomic mass is 15.3. The van der Waals surface area contributed by atoms with E-state index >= 15 is 0 Å². The molecule has 128 valence electrons. The van der Waals surface area contributed by atoms with Gasteiger partial charge in [0.15, 0.2) is 0 Å². The Bertz CT molecular complexity index is 779. The molecule has 3 aromatic rings. The lowest BCUT2D eigenvalue weighted by Crippen LogP contribution is -2.47. The Hall–Kier alpha value is -2.73. The first kappa shape index (κ1) is 15.8. The molecule has 0 amide bonds. The highest BCUT2D eigenvalue weighted by molar-refractivity contribution is 5.43. The van der Waals surface area contributed by atoms with Crippen molar-refractivity contribution in [3.8, 4) is 5.82 Å². The van der Waals surface area contributed by atoms with E-state index in [-0.39, 0.29) is 0 Å². The number of hydrogen-bond donors (Lipinski definition) is 0. The fourth-order valence-corrected chi connectivity index (χ4v) is 3.18. The Balaban J connectivity index is 1.33. The molecule has 1 saturated heterocycles. The van der Waals surface area contributed by atoms with Crippen LogP contribution in [0.1, 0.15) is 5.56 Å². The number of aromatic nitrogens is 4. The summed E-state index contributed by atoms with van der Waals surface area (Å²) < 4.78 is 1.90. The minimum Gasteiger partial charge on any atom is -0.354 e. The first-order valence-electron chi connectivity index (χ1n) is 8.70. The Kier molecular flexibility index (Phi) is 4.70. The average Bonchev–Trinajstić information content (AvgIpc) is 3.23. The topological polar surface area (TPSA) is 50.1 Å². The summed E-state index contributed by atoms with van der Waals surface area (Å²) in [6.07, 6.45) is 8.15. The molecule has 4 rings (SSSR count). The Labute approximate surface area is 147 Å². The van der Waals surface area contributed by atoms with Crippen molar-refractivity contribution in [3.63, 3.8) is 0 Å². The fourth-order valence-electron chi connectivity index (χ4n) is 3.18. The SMILES string of the molecule is c1ccc(CCN2CCN(c3cc(-n4ccnc4)ncn3)CC2)cc1. The van der Waals surface area contributed by atoms with Gasteiger partial charge in [0.2, 0.25) is 0 Å². The molecule has 1 aliphatic heterocycles. The van der Waals surface area contributed by atoms with Crippen LogP contribution in [0.5, 0.6) is 0 Å². The predicted octanol–water partition coefficient (Wildman–Crippen LogP) is 2.03. The van der Waals surface area contributed by atoms with Gasteiger partial charge in [0.25, 0.3) is 0 Å². The van der Waals surface area contributed by atoms with Crippen LogP contribution in [-0.4, -0.2) is 57.1 Å². The molecule has 2 aromatic heterocycles. The van der Waals surface area contributed by atoms with E-state index in [9.17, 15) is 0 Å². The normalized spacial score (nSPS) is 15.4. The summed E-state index contributed by atoms with van der Waals surface area (Å²) in [5.41, 5.74) is 1.41. The molecular formula is C19H22N6. The largest absolute Gasteiger partial charge is 0.354 e. The fraction of sp³-hybridized carbons (Fsp3) is 0.316. The molecule has 0 spiro atoms. The number of hydrogen-bond acceptors (Lipinski definition) is 5. The lowest BCUT2D eigenvalue weighted by atomic mass is 10.1. The smallest absolute Gasteiger partial charge is 0.143 e. The summed E-state index contributed by atoms with van der Waals surface area (Å²) >= 11 is 0. The van der Waals surface area contributed by atoms with Crippen LogP contribution in [0.4, 0.5) is 5.82 Å². The van der Waals surface area contributed by atoms with Gasteiger partial charge >= 0.3 is 0 Å². The molecule has 6 heteroatoms. The van der Waals surface area contributed by atoms with E-state index in [0.29, 0.717) is 0 Å². The van der Waals surface area contributed by atoms with Gasteiger partial charge in [-0.3, -0.25) is 9.47 Å². The second-order valence-corrected chi connectivity index (χ2v) is 6.27. The maximum atomic E-state index is 4.45. The average molecular weight is 334 g/mol. The minimum absolute atomic E-state index is 0.856.